The van der Waals surface area contributed by atoms with Gasteiger partial charge in [-0.25, -0.2) is 0 Å². The van der Waals surface area contributed by atoms with Crippen LogP contribution in [0.5, 0.6) is 0 Å². The van der Waals surface area contributed by atoms with E-state index in [1.165, 1.54) is 32.1 Å². The van der Waals surface area contributed by atoms with E-state index in [2.05, 4.69) is 25.9 Å². The number of rotatable bonds is 7. The van der Waals surface area contributed by atoms with E-state index in [0.29, 0.717) is 17.5 Å². The normalized spacial score (nSPS) is 26.5. The van der Waals surface area contributed by atoms with Crippen molar-refractivity contribution in [3.05, 3.63) is 53.6 Å². The summed E-state index contributed by atoms with van der Waals surface area (Å²) < 4.78 is 1.72. The molecular formula is C30H38N6O2. The highest BCUT2D eigenvalue weighted by atomic mass is 16.2. The van der Waals surface area contributed by atoms with E-state index in [0.717, 1.165) is 40.0 Å². The SMILES string of the molecule is Cc1n[nH]c(C)c1-c1ccc(NC(=O)[C@@H](NC(=O)c2ccnn2C(C)C)C2C3CC4CC(C3)CC2C4)cc1. The summed E-state index contributed by atoms with van der Waals surface area (Å²) in [6.07, 6.45) is 7.72. The molecule has 200 valence electrons. The van der Waals surface area contributed by atoms with Gasteiger partial charge in [-0.1, -0.05) is 12.1 Å². The van der Waals surface area contributed by atoms with Crippen molar-refractivity contribution in [2.75, 3.05) is 5.32 Å². The van der Waals surface area contributed by atoms with Crippen molar-refractivity contribution in [2.45, 2.75) is 71.9 Å². The zero-order valence-electron chi connectivity index (χ0n) is 22.7. The number of anilines is 1. The highest BCUT2D eigenvalue weighted by molar-refractivity contribution is 6.01. The molecule has 0 radical (unpaired) electrons. The zero-order chi connectivity index (χ0) is 26.6. The number of aromatic amines is 1. The maximum Gasteiger partial charge on any atom is 0.270 e. The van der Waals surface area contributed by atoms with Crippen LogP contribution in [0.4, 0.5) is 5.69 Å². The summed E-state index contributed by atoms with van der Waals surface area (Å²) in [5, 5.41) is 18.0. The summed E-state index contributed by atoms with van der Waals surface area (Å²) in [5.41, 5.74) is 5.33. The average molecular weight is 515 g/mol. The molecule has 4 aliphatic carbocycles. The van der Waals surface area contributed by atoms with Crippen LogP contribution in [0.1, 0.15) is 73.9 Å². The molecule has 0 unspecified atom stereocenters. The maximum atomic E-state index is 13.9. The lowest BCUT2D eigenvalue weighted by atomic mass is 9.50. The molecule has 7 rings (SSSR count). The van der Waals surface area contributed by atoms with Crippen LogP contribution in [0, 0.1) is 43.4 Å². The molecule has 4 bridgehead atoms. The van der Waals surface area contributed by atoms with Gasteiger partial charge in [-0.3, -0.25) is 19.4 Å². The van der Waals surface area contributed by atoms with Gasteiger partial charge >= 0.3 is 0 Å². The number of aryl methyl sites for hydroxylation is 2. The van der Waals surface area contributed by atoms with Gasteiger partial charge in [-0.2, -0.15) is 10.2 Å². The summed E-state index contributed by atoms with van der Waals surface area (Å²) in [6.45, 7) is 8.00. The summed E-state index contributed by atoms with van der Waals surface area (Å²) >= 11 is 0. The maximum absolute atomic E-state index is 13.9. The largest absolute Gasteiger partial charge is 0.339 e. The number of hydrogen-bond acceptors (Lipinski definition) is 4. The molecule has 8 heteroatoms. The third-order valence-corrected chi connectivity index (χ3v) is 9.21. The fraction of sp³-hybridized carbons (Fsp3) is 0.533. The van der Waals surface area contributed by atoms with Crippen molar-refractivity contribution in [2.24, 2.45) is 29.6 Å². The lowest BCUT2D eigenvalue weighted by Crippen LogP contribution is -2.58. The number of carbonyl (C=O) groups excluding carboxylic acids is 2. The highest BCUT2D eigenvalue weighted by Crippen LogP contribution is 2.57. The van der Waals surface area contributed by atoms with Crippen LogP contribution in [0.15, 0.2) is 36.5 Å². The van der Waals surface area contributed by atoms with E-state index in [4.69, 9.17) is 0 Å². The minimum absolute atomic E-state index is 0.0558. The Bertz CT molecular complexity index is 1290. The molecular weight excluding hydrogens is 476 g/mol. The minimum atomic E-state index is -0.578. The molecule has 8 nitrogen and oxygen atoms in total. The number of H-pyrrole nitrogens is 1. The number of carbonyl (C=O) groups is 2. The Morgan fingerprint density at radius 2 is 1.63 bits per heavy atom. The van der Waals surface area contributed by atoms with E-state index < -0.39 is 6.04 Å². The van der Waals surface area contributed by atoms with Crippen molar-refractivity contribution in [1.29, 1.82) is 0 Å². The summed E-state index contributed by atoms with van der Waals surface area (Å²) in [5.74, 6) is 2.37. The highest BCUT2D eigenvalue weighted by Gasteiger charge is 2.52. The van der Waals surface area contributed by atoms with Crippen LogP contribution in [0.25, 0.3) is 11.1 Å². The predicted molar refractivity (Wildman–Crippen MR) is 147 cm³/mol. The number of nitrogens with one attached hydrogen (secondary N) is 3. The molecule has 3 N–H and O–H groups in total. The van der Waals surface area contributed by atoms with E-state index in [9.17, 15) is 9.59 Å². The van der Waals surface area contributed by atoms with Gasteiger partial charge < -0.3 is 10.6 Å². The monoisotopic (exact) mass is 514 g/mol. The Morgan fingerprint density at radius 3 is 2.21 bits per heavy atom. The second-order valence-electron chi connectivity index (χ2n) is 12.1. The molecule has 2 heterocycles. The van der Waals surface area contributed by atoms with Crippen molar-refractivity contribution >= 4 is 17.5 Å². The molecule has 0 aliphatic heterocycles. The molecule has 0 saturated heterocycles. The molecule has 3 aromatic rings. The fourth-order valence-electron chi connectivity index (χ4n) is 7.89. The van der Waals surface area contributed by atoms with Crippen molar-refractivity contribution in [3.8, 4) is 11.1 Å². The van der Waals surface area contributed by atoms with Crippen LogP contribution >= 0.6 is 0 Å². The lowest BCUT2D eigenvalue weighted by molar-refractivity contribution is -0.125. The zero-order valence-corrected chi connectivity index (χ0v) is 22.7. The molecule has 2 amide bonds. The van der Waals surface area contributed by atoms with Crippen molar-refractivity contribution in [3.63, 3.8) is 0 Å². The number of aromatic nitrogens is 4. The van der Waals surface area contributed by atoms with E-state index in [-0.39, 0.29) is 23.8 Å². The van der Waals surface area contributed by atoms with Crippen LogP contribution in [-0.4, -0.2) is 37.8 Å². The van der Waals surface area contributed by atoms with E-state index >= 15 is 0 Å². The first-order valence-corrected chi connectivity index (χ1v) is 14.1. The molecule has 1 atom stereocenters. The number of amides is 2. The van der Waals surface area contributed by atoms with Gasteiger partial charge in [-0.05, 0) is 113 Å². The molecule has 4 aliphatic rings. The first-order chi connectivity index (χ1) is 18.3. The molecule has 0 spiro atoms. The quantitative estimate of drug-likeness (QED) is 0.399. The van der Waals surface area contributed by atoms with Crippen molar-refractivity contribution < 1.29 is 9.59 Å². The van der Waals surface area contributed by atoms with Gasteiger partial charge in [0.1, 0.15) is 11.7 Å². The Balaban J connectivity index is 1.26. The minimum Gasteiger partial charge on any atom is -0.339 e. The Kier molecular flexibility index (Phi) is 6.36. The summed E-state index contributed by atoms with van der Waals surface area (Å²) in [4.78, 5) is 27.4. The number of benzene rings is 1. The van der Waals surface area contributed by atoms with Crippen LogP contribution < -0.4 is 10.6 Å². The molecule has 4 fully saturated rings. The summed E-state index contributed by atoms with van der Waals surface area (Å²) in [6, 6.07) is 9.10. The van der Waals surface area contributed by atoms with Gasteiger partial charge in [0.2, 0.25) is 5.91 Å². The third-order valence-electron chi connectivity index (χ3n) is 9.21. The van der Waals surface area contributed by atoms with Crippen LogP contribution in [0.2, 0.25) is 0 Å². The van der Waals surface area contributed by atoms with Gasteiger partial charge in [0.25, 0.3) is 5.91 Å². The van der Waals surface area contributed by atoms with Gasteiger partial charge in [0.05, 0.1) is 5.69 Å². The smallest absolute Gasteiger partial charge is 0.270 e. The second kappa shape index (κ2) is 9.71. The first kappa shape index (κ1) is 24.9. The molecule has 4 saturated carbocycles. The number of nitrogens with zero attached hydrogens (tertiary/aromatic N) is 3. The van der Waals surface area contributed by atoms with Gasteiger partial charge in [0.15, 0.2) is 0 Å². The fourth-order valence-corrected chi connectivity index (χ4v) is 7.89. The Morgan fingerprint density at radius 1 is 0.974 bits per heavy atom. The third kappa shape index (κ3) is 4.44. The average Bonchev–Trinajstić information content (AvgIpc) is 3.50. The lowest BCUT2D eigenvalue weighted by Gasteiger charge is -2.56. The second-order valence-corrected chi connectivity index (χ2v) is 12.1. The first-order valence-electron chi connectivity index (χ1n) is 14.1. The number of hydrogen-bond donors (Lipinski definition) is 3. The van der Waals surface area contributed by atoms with Crippen LogP contribution in [-0.2, 0) is 4.79 Å². The van der Waals surface area contributed by atoms with Crippen molar-refractivity contribution in [1.82, 2.24) is 25.3 Å². The van der Waals surface area contributed by atoms with E-state index in [1.807, 2.05) is 52.0 Å². The van der Waals surface area contributed by atoms with Crippen LogP contribution in [0.3, 0.4) is 0 Å². The Labute approximate surface area is 224 Å². The van der Waals surface area contributed by atoms with Gasteiger partial charge in [0, 0.05) is 29.2 Å². The molecule has 38 heavy (non-hydrogen) atoms. The standard InChI is InChI=1S/C30H38N6O2/c1-16(2)36-25(9-10-31-36)29(37)33-28(27-22-12-19-11-20(14-22)15-23(27)13-19)30(38)32-24-7-5-21(6-8-24)26-17(3)34-35-18(26)4/h5-10,16,19-20,22-23,27-28H,11-15H2,1-4H3,(H,32,38)(H,33,37)(H,34,35)/t19?,20?,22?,23?,27?,28-/m0/s1. The van der Waals surface area contributed by atoms with E-state index in [1.54, 1.807) is 16.9 Å². The topological polar surface area (TPSA) is 105 Å². The molecule has 1 aromatic carbocycles. The molecule has 2 aromatic heterocycles. The predicted octanol–water partition coefficient (Wildman–Crippen LogP) is 5.28. The Hall–Kier alpha value is -3.42. The summed E-state index contributed by atoms with van der Waals surface area (Å²) in [7, 11) is 0. The van der Waals surface area contributed by atoms with Gasteiger partial charge in [-0.15, -0.1) is 0 Å².